The Morgan fingerprint density at radius 3 is 2.70 bits per heavy atom. The molecule has 1 aliphatic rings. The SMILES string of the molecule is CCCNC(=O)CN1C(=O)C(c2ccccc2)Oc2ccc([N+](=O)[O-])nc21. The number of aromatic nitrogens is 1. The highest BCUT2D eigenvalue weighted by atomic mass is 16.6. The molecule has 1 N–H and O–H groups in total. The van der Waals surface area contributed by atoms with Crippen molar-refractivity contribution >= 4 is 23.5 Å². The molecule has 2 aromatic rings. The average Bonchev–Trinajstić information content (AvgIpc) is 2.68. The van der Waals surface area contributed by atoms with E-state index in [9.17, 15) is 19.7 Å². The fourth-order valence-electron chi connectivity index (χ4n) is 2.69. The van der Waals surface area contributed by atoms with Crippen molar-refractivity contribution in [1.29, 1.82) is 0 Å². The van der Waals surface area contributed by atoms with Crippen LogP contribution in [0.2, 0.25) is 0 Å². The van der Waals surface area contributed by atoms with Crippen LogP contribution in [-0.2, 0) is 9.59 Å². The lowest BCUT2D eigenvalue weighted by molar-refractivity contribution is -0.389. The monoisotopic (exact) mass is 370 g/mol. The van der Waals surface area contributed by atoms with Gasteiger partial charge in [-0.15, -0.1) is 0 Å². The van der Waals surface area contributed by atoms with E-state index < -0.39 is 22.8 Å². The van der Waals surface area contributed by atoms with Crippen molar-refractivity contribution in [2.75, 3.05) is 18.0 Å². The zero-order valence-corrected chi connectivity index (χ0v) is 14.6. The van der Waals surface area contributed by atoms with Crippen LogP contribution in [0.3, 0.4) is 0 Å². The van der Waals surface area contributed by atoms with E-state index >= 15 is 0 Å². The lowest BCUT2D eigenvalue weighted by Crippen LogP contribution is -2.47. The van der Waals surface area contributed by atoms with Crippen molar-refractivity contribution in [2.24, 2.45) is 0 Å². The predicted octanol–water partition coefficient (Wildman–Crippen LogP) is 1.98. The molecule has 1 aromatic heterocycles. The molecule has 1 unspecified atom stereocenters. The van der Waals surface area contributed by atoms with Crippen LogP contribution in [0.5, 0.6) is 5.75 Å². The van der Waals surface area contributed by atoms with Crippen molar-refractivity contribution in [3.63, 3.8) is 0 Å². The third-order valence-electron chi connectivity index (χ3n) is 3.98. The molecule has 27 heavy (non-hydrogen) atoms. The number of nitro groups is 1. The van der Waals surface area contributed by atoms with E-state index in [0.717, 1.165) is 11.3 Å². The molecule has 2 heterocycles. The standard InChI is InChI=1S/C18H18N4O5/c1-2-10-19-15(23)11-21-17-13(8-9-14(20-17)22(25)26)27-16(18(21)24)12-6-4-3-5-7-12/h3-9,16H,2,10-11H2,1H3,(H,19,23). The quantitative estimate of drug-likeness (QED) is 0.614. The number of nitrogens with one attached hydrogen (secondary N) is 1. The Hall–Kier alpha value is -3.49. The Morgan fingerprint density at radius 2 is 2.04 bits per heavy atom. The predicted molar refractivity (Wildman–Crippen MR) is 96.4 cm³/mol. The second-order valence-electron chi connectivity index (χ2n) is 5.93. The number of ether oxygens (including phenoxy) is 1. The van der Waals surface area contributed by atoms with Gasteiger partial charge in [-0.1, -0.05) is 37.3 Å². The van der Waals surface area contributed by atoms with Crippen LogP contribution < -0.4 is 15.0 Å². The highest BCUT2D eigenvalue weighted by Crippen LogP contribution is 2.38. The molecular formula is C18H18N4O5. The number of carbonyl (C=O) groups is 2. The van der Waals surface area contributed by atoms with E-state index in [2.05, 4.69) is 10.3 Å². The number of hydrogen-bond acceptors (Lipinski definition) is 6. The van der Waals surface area contributed by atoms with Crippen LogP contribution in [-0.4, -0.2) is 34.8 Å². The number of pyridine rings is 1. The van der Waals surface area contributed by atoms with E-state index in [4.69, 9.17) is 4.74 Å². The molecule has 9 heteroatoms. The summed E-state index contributed by atoms with van der Waals surface area (Å²) in [5, 5.41) is 13.7. The number of carbonyl (C=O) groups excluding carboxylic acids is 2. The topological polar surface area (TPSA) is 115 Å². The summed E-state index contributed by atoms with van der Waals surface area (Å²) in [5.41, 5.74) is 0.616. The molecule has 2 amide bonds. The molecule has 140 valence electrons. The fourth-order valence-corrected chi connectivity index (χ4v) is 2.69. The first-order valence-electron chi connectivity index (χ1n) is 8.46. The van der Waals surface area contributed by atoms with Crippen LogP contribution in [0.15, 0.2) is 42.5 Å². The number of hydrogen-bond donors (Lipinski definition) is 1. The van der Waals surface area contributed by atoms with Crippen molar-refractivity contribution in [3.05, 3.63) is 58.1 Å². The third kappa shape index (κ3) is 3.86. The molecule has 1 aromatic carbocycles. The Morgan fingerprint density at radius 1 is 1.30 bits per heavy atom. The molecule has 1 aliphatic heterocycles. The van der Waals surface area contributed by atoms with E-state index in [1.165, 1.54) is 12.1 Å². The zero-order valence-electron chi connectivity index (χ0n) is 14.6. The van der Waals surface area contributed by atoms with Gasteiger partial charge in [0.25, 0.3) is 11.7 Å². The molecule has 9 nitrogen and oxygen atoms in total. The van der Waals surface area contributed by atoms with E-state index in [-0.39, 0.29) is 24.0 Å². The summed E-state index contributed by atoms with van der Waals surface area (Å²) in [7, 11) is 0. The normalized spacial score (nSPS) is 15.7. The van der Waals surface area contributed by atoms with Gasteiger partial charge in [-0.05, 0) is 22.4 Å². The van der Waals surface area contributed by atoms with Crippen molar-refractivity contribution in [1.82, 2.24) is 10.3 Å². The molecule has 0 bridgehead atoms. The Bertz CT molecular complexity index is 871. The minimum Gasteiger partial charge on any atom is -0.469 e. The first kappa shape index (κ1) is 18.3. The van der Waals surface area contributed by atoms with Gasteiger partial charge in [0.2, 0.25) is 12.0 Å². The highest BCUT2D eigenvalue weighted by molar-refractivity contribution is 6.03. The summed E-state index contributed by atoms with van der Waals surface area (Å²) in [6, 6.07) is 11.4. The van der Waals surface area contributed by atoms with Crippen LogP contribution in [0.1, 0.15) is 25.0 Å². The first-order valence-corrected chi connectivity index (χ1v) is 8.46. The van der Waals surface area contributed by atoms with E-state index in [1.54, 1.807) is 24.3 Å². The fraction of sp³-hybridized carbons (Fsp3) is 0.278. The van der Waals surface area contributed by atoms with Gasteiger partial charge in [0.1, 0.15) is 6.54 Å². The maximum absolute atomic E-state index is 13.0. The maximum atomic E-state index is 13.0. The zero-order chi connectivity index (χ0) is 19.4. The smallest absolute Gasteiger partial charge is 0.366 e. The van der Waals surface area contributed by atoms with Crippen LogP contribution in [0.25, 0.3) is 0 Å². The van der Waals surface area contributed by atoms with Crippen molar-refractivity contribution in [2.45, 2.75) is 19.4 Å². The maximum Gasteiger partial charge on any atom is 0.366 e. The molecule has 0 saturated carbocycles. The molecule has 0 spiro atoms. The van der Waals surface area contributed by atoms with Gasteiger partial charge >= 0.3 is 5.82 Å². The van der Waals surface area contributed by atoms with Gasteiger partial charge in [0.15, 0.2) is 5.75 Å². The van der Waals surface area contributed by atoms with Gasteiger partial charge in [-0.3, -0.25) is 14.5 Å². The van der Waals surface area contributed by atoms with E-state index in [1.807, 2.05) is 13.0 Å². The van der Waals surface area contributed by atoms with Gasteiger partial charge in [0, 0.05) is 18.2 Å². The van der Waals surface area contributed by atoms with Crippen molar-refractivity contribution < 1.29 is 19.2 Å². The Balaban J connectivity index is 1.99. The largest absolute Gasteiger partial charge is 0.469 e. The minimum absolute atomic E-state index is 0.0342. The number of amides is 2. The minimum atomic E-state index is -0.957. The number of nitrogens with zero attached hydrogens (tertiary/aromatic N) is 3. The van der Waals surface area contributed by atoms with Gasteiger partial charge in [-0.25, -0.2) is 0 Å². The molecule has 0 aliphatic carbocycles. The summed E-state index contributed by atoms with van der Waals surface area (Å²) in [4.78, 5) is 40.6. The number of fused-ring (bicyclic) bond motifs is 1. The molecule has 1 atom stereocenters. The summed E-state index contributed by atoms with van der Waals surface area (Å²) in [5.74, 6) is -1.14. The molecule has 3 rings (SSSR count). The lowest BCUT2D eigenvalue weighted by atomic mass is 10.1. The molecule has 0 saturated heterocycles. The lowest BCUT2D eigenvalue weighted by Gasteiger charge is -2.30. The van der Waals surface area contributed by atoms with Gasteiger partial charge in [0.05, 0.1) is 0 Å². The average molecular weight is 370 g/mol. The van der Waals surface area contributed by atoms with Crippen LogP contribution >= 0.6 is 0 Å². The van der Waals surface area contributed by atoms with Crippen LogP contribution in [0.4, 0.5) is 11.6 Å². The first-order chi connectivity index (χ1) is 13.0. The van der Waals surface area contributed by atoms with Crippen molar-refractivity contribution in [3.8, 4) is 5.75 Å². The van der Waals surface area contributed by atoms with Gasteiger partial charge < -0.3 is 20.2 Å². The molecular weight excluding hydrogens is 352 g/mol. The molecule has 0 fully saturated rings. The summed E-state index contributed by atoms with van der Waals surface area (Å²) >= 11 is 0. The Labute approximate surface area is 155 Å². The van der Waals surface area contributed by atoms with Gasteiger partial charge in [-0.2, -0.15) is 0 Å². The second-order valence-corrected chi connectivity index (χ2v) is 5.93. The Kier molecular flexibility index (Phi) is 5.30. The number of benzene rings is 1. The van der Waals surface area contributed by atoms with E-state index in [0.29, 0.717) is 12.1 Å². The number of anilines is 1. The second kappa shape index (κ2) is 7.81. The highest BCUT2D eigenvalue weighted by Gasteiger charge is 2.40. The summed E-state index contributed by atoms with van der Waals surface area (Å²) in [6.07, 6.45) is -0.212. The summed E-state index contributed by atoms with van der Waals surface area (Å²) < 4.78 is 5.75. The van der Waals surface area contributed by atoms with Crippen LogP contribution in [0, 0.1) is 10.1 Å². The molecule has 0 radical (unpaired) electrons. The third-order valence-corrected chi connectivity index (χ3v) is 3.98. The number of rotatable bonds is 6. The summed E-state index contributed by atoms with van der Waals surface area (Å²) in [6.45, 7) is 2.08.